The van der Waals surface area contributed by atoms with Crippen LogP contribution in [0.3, 0.4) is 0 Å². The van der Waals surface area contributed by atoms with Gasteiger partial charge in [0.25, 0.3) is 0 Å². The van der Waals surface area contributed by atoms with Crippen LogP contribution in [-0.4, -0.2) is 41.1 Å². The van der Waals surface area contributed by atoms with Crippen molar-refractivity contribution in [1.29, 1.82) is 0 Å². The highest BCUT2D eigenvalue weighted by atomic mass is 16.5. The smallest absolute Gasteiger partial charge is 0.249 e. The van der Waals surface area contributed by atoms with E-state index in [0.717, 1.165) is 29.6 Å². The normalized spacial score (nSPS) is 14.0. The van der Waals surface area contributed by atoms with Gasteiger partial charge < -0.3 is 15.4 Å². The fourth-order valence-electron chi connectivity index (χ4n) is 3.35. The molecule has 28 heavy (non-hydrogen) atoms. The molecule has 1 fully saturated rings. The third-order valence-corrected chi connectivity index (χ3v) is 4.81. The van der Waals surface area contributed by atoms with E-state index in [1.807, 2.05) is 48.5 Å². The predicted molar refractivity (Wildman–Crippen MR) is 112 cm³/mol. The van der Waals surface area contributed by atoms with Crippen LogP contribution in [0.25, 0.3) is 11.0 Å². The summed E-state index contributed by atoms with van der Waals surface area (Å²) in [6.07, 6.45) is 3.58. The Labute approximate surface area is 165 Å². The maximum absolute atomic E-state index is 5.99. The van der Waals surface area contributed by atoms with Crippen LogP contribution < -0.4 is 10.5 Å². The molecule has 2 aromatic carbocycles. The number of hydrogen-bond acceptors (Lipinski definition) is 5. The van der Waals surface area contributed by atoms with Crippen molar-refractivity contribution in [2.24, 2.45) is 0 Å². The molecule has 0 bridgehead atoms. The molecule has 1 aromatic heterocycles. The van der Waals surface area contributed by atoms with Crippen LogP contribution in [-0.2, 0) is 0 Å². The molecule has 0 aliphatic carbocycles. The van der Waals surface area contributed by atoms with Crippen molar-refractivity contribution in [3.05, 3.63) is 59.8 Å². The van der Waals surface area contributed by atoms with Gasteiger partial charge in [0.15, 0.2) is 5.69 Å². The Bertz CT molecular complexity index is 1000. The second-order valence-corrected chi connectivity index (χ2v) is 6.99. The van der Waals surface area contributed by atoms with Crippen LogP contribution >= 0.6 is 0 Å². The molecule has 0 atom stereocenters. The van der Waals surface area contributed by atoms with E-state index in [-0.39, 0.29) is 0 Å². The third-order valence-electron chi connectivity index (χ3n) is 4.81. The van der Waals surface area contributed by atoms with E-state index in [1.165, 1.54) is 25.9 Å². The first kappa shape index (κ1) is 18.3. The summed E-state index contributed by atoms with van der Waals surface area (Å²) in [6.45, 7) is 4.06. The van der Waals surface area contributed by atoms with Gasteiger partial charge in [-0.25, -0.2) is 9.97 Å². The molecule has 0 radical (unpaired) electrons. The first-order valence-electron chi connectivity index (χ1n) is 9.77. The molecule has 1 aliphatic heterocycles. The highest BCUT2D eigenvalue weighted by Crippen LogP contribution is 2.21. The number of aromatic nitrogens is 2. The maximum Gasteiger partial charge on any atom is 0.249 e. The highest BCUT2D eigenvalue weighted by molar-refractivity contribution is 5.79. The molecule has 2 heterocycles. The van der Waals surface area contributed by atoms with Gasteiger partial charge in [-0.1, -0.05) is 24.1 Å². The van der Waals surface area contributed by atoms with Crippen LogP contribution in [0.5, 0.6) is 5.88 Å². The number of hydrogen-bond donors (Lipinski definition) is 1. The molecule has 3 aromatic rings. The van der Waals surface area contributed by atoms with Gasteiger partial charge in [0.2, 0.25) is 5.88 Å². The zero-order valence-electron chi connectivity index (χ0n) is 15.9. The minimum Gasteiger partial charge on any atom is -0.476 e. The Balaban J connectivity index is 1.55. The lowest BCUT2D eigenvalue weighted by Crippen LogP contribution is -2.22. The first-order valence-corrected chi connectivity index (χ1v) is 9.77. The molecule has 142 valence electrons. The fourth-order valence-corrected chi connectivity index (χ4v) is 3.35. The average Bonchev–Trinajstić information content (AvgIpc) is 3.24. The van der Waals surface area contributed by atoms with Gasteiger partial charge in [0, 0.05) is 17.8 Å². The van der Waals surface area contributed by atoms with Gasteiger partial charge in [-0.3, -0.25) is 0 Å². The van der Waals surface area contributed by atoms with Crippen LogP contribution in [0.2, 0.25) is 0 Å². The monoisotopic (exact) mass is 372 g/mol. The molecule has 1 saturated heterocycles. The van der Waals surface area contributed by atoms with E-state index in [2.05, 4.69) is 26.7 Å². The van der Waals surface area contributed by atoms with E-state index >= 15 is 0 Å². The topological polar surface area (TPSA) is 64.3 Å². The molecule has 4 rings (SSSR count). The van der Waals surface area contributed by atoms with Crippen molar-refractivity contribution in [2.45, 2.75) is 19.3 Å². The highest BCUT2D eigenvalue weighted by Gasteiger charge is 2.12. The van der Waals surface area contributed by atoms with Gasteiger partial charge >= 0.3 is 0 Å². The van der Waals surface area contributed by atoms with Crippen LogP contribution in [0.4, 0.5) is 5.69 Å². The van der Waals surface area contributed by atoms with Gasteiger partial charge in [0.05, 0.1) is 17.6 Å². The quantitative estimate of drug-likeness (QED) is 0.422. The summed E-state index contributed by atoms with van der Waals surface area (Å²) in [5.74, 6) is 6.76. The number of anilines is 1. The van der Waals surface area contributed by atoms with Crippen LogP contribution in [0.1, 0.15) is 30.5 Å². The van der Waals surface area contributed by atoms with Crippen molar-refractivity contribution in [3.63, 3.8) is 0 Å². The van der Waals surface area contributed by atoms with Crippen molar-refractivity contribution in [2.75, 3.05) is 32.0 Å². The number of ether oxygens (including phenoxy) is 1. The number of nitrogens with two attached hydrogens (primary N) is 1. The molecule has 1 aliphatic rings. The molecular weight excluding hydrogens is 348 g/mol. The van der Waals surface area contributed by atoms with Gasteiger partial charge in [-0.05, 0) is 68.6 Å². The molecule has 5 nitrogen and oxygen atoms in total. The molecule has 0 spiro atoms. The lowest BCUT2D eigenvalue weighted by atomic mass is 10.2. The Kier molecular flexibility index (Phi) is 5.69. The van der Waals surface area contributed by atoms with Crippen molar-refractivity contribution >= 4 is 16.7 Å². The SMILES string of the molecule is Nc1ccc2nc(OCCCN3CCCC3)c(C#Cc3ccccc3)nc2c1. The summed E-state index contributed by atoms with van der Waals surface area (Å²) in [7, 11) is 0. The van der Waals surface area contributed by atoms with Gasteiger partial charge in [-0.15, -0.1) is 0 Å². The Morgan fingerprint density at radius 3 is 2.61 bits per heavy atom. The summed E-state index contributed by atoms with van der Waals surface area (Å²) < 4.78 is 5.99. The molecule has 2 N–H and O–H groups in total. The number of benzene rings is 2. The minimum absolute atomic E-state index is 0.488. The number of rotatable bonds is 5. The van der Waals surface area contributed by atoms with Crippen molar-refractivity contribution in [3.8, 4) is 17.7 Å². The lowest BCUT2D eigenvalue weighted by Gasteiger charge is -2.14. The largest absolute Gasteiger partial charge is 0.476 e. The molecule has 0 amide bonds. The van der Waals surface area contributed by atoms with Crippen LogP contribution in [0, 0.1) is 11.8 Å². The van der Waals surface area contributed by atoms with Gasteiger partial charge in [-0.2, -0.15) is 0 Å². The molecule has 0 unspecified atom stereocenters. The second kappa shape index (κ2) is 8.73. The fraction of sp³-hybridized carbons (Fsp3) is 0.304. The minimum atomic E-state index is 0.488. The van der Waals surface area contributed by atoms with E-state index in [4.69, 9.17) is 10.5 Å². The zero-order valence-corrected chi connectivity index (χ0v) is 15.9. The van der Waals surface area contributed by atoms with E-state index in [1.54, 1.807) is 0 Å². The van der Waals surface area contributed by atoms with Crippen LogP contribution in [0.15, 0.2) is 48.5 Å². The maximum atomic E-state index is 5.99. The standard InChI is InChI=1S/C23H24N4O/c24-19-10-12-20-22(17-19)25-21(11-9-18-7-2-1-3-8-18)23(26-20)28-16-6-15-27-13-4-5-14-27/h1-3,7-8,10,12,17H,4-6,13-16,24H2. The van der Waals surface area contributed by atoms with Gasteiger partial charge in [0.1, 0.15) is 0 Å². The predicted octanol–water partition coefficient (Wildman–Crippen LogP) is 3.48. The van der Waals surface area contributed by atoms with E-state index in [0.29, 0.717) is 23.9 Å². The summed E-state index contributed by atoms with van der Waals surface area (Å²) in [5, 5.41) is 0. The Morgan fingerprint density at radius 1 is 0.964 bits per heavy atom. The van der Waals surface area contributed by atoms with E-state index in [9.17, 15) is 0 Å². The molecular formula is C23H24N4O. The number of fused-ring (bicyclic) bond motifs is 1. The first-order chi connectivity index (χ1) is 13.8. The Hall–Kier alpha value is -3.10. The number of nitrogen functional groups attached to an aromatic ring is 1. The van der Waals surface area contributed by atoms with E-state index < -0.39 is 0 Å². The third kappa shape index (κ3) is 4.59. The molecule has 0 saturated carbocycles. The lowest BCUT2D eigenvalue weighted by molar-refractivity contribution is 0.256. The Morgan fingerprint density at radius 2 is 1.79 bits per heavy atom. The summed E-state index contributed by atoms with van der Waals surface area (Å²) in [5.41, 5.74) is 9.51. The number of nitrogens with zero attached hydrogens (tertiary/aromatic N) is 3. The number of likely N-dealkylation sites (tertiary alicyclic amines) is 1. The summed E-state index contributed by atoms with van der Waals surface area (Å²) >= 11 is 0. The molecule has 5 heteroatoms. The average molecular weight is 372 g/mol. The second-order valence-electron chi connectivity index (χ2n) is 6.99. The van der Waals surface area contributed by atoms with Crippen molar-refractivity contribution in [1.82, 2.24) is 14.9 Å². The zero-order chi connectivity index (χ0) is 19.2. The summed E-state index contributed by atoms with van der Waals surface area (Å²) in [6, 6.07) is 15.3. The van der Waals surface area contributed by atoms with Crippen molar-refractivity contribution < 1.29 is 4.74 Å². The summed E-state index contributed by atoms with van der Waals surface area (Å²) in [4.78, 5) is 11.8.